The molecule has 2 fully saturated rings. The first-order valence-corrected chi connectivity index (χ1v) is 11.9. The second kappa shape index (κ2) is 9.02. The van der Waals surface area contributed by atoms with Gasteiger partial charge in [0, 0.05) is 57.6 Å². The third kappa shape index (κ3) is 4.37. The lowest BCUT2D eigenvalue weighted by Crippen LogP contribution is -2.51. The van der Waals surface area contributed by atoms with Crippen molar-refractivity contribution in [1.29, 1.82) is 0 Å². The number of imide groups is 1. The quantitative estimate of drug-likeness (QED) is 0.406. The van der Waals surface area contributed by atoms with Crippen molar-refractivity contribution in [3.8, 4) is 0 Å². The number of anilines is 1. The summed E-state index contributed by atoms with van der Waals surface area (Å²) in [6.07, 6.45) is 2.68. The van der Waals surface area contributed by atoms with Gasteiger partial charge in [0.2, 0.25) is 11.8 Å². The Morgan fingerprint density at radius 1 is 1.12 bits per heavy atom. The first kappa shape index (κ1) is 21.7. The highest BCUT2D eigenvalue weighted by Gasteiger charge is 2.39. The number of halogens is 1. The molecule has 2 aromatic rings. The minimum Gasteiger partial charge on any atom is -0.369 e. The minimum atomic E-state index is -0.305. The highest BCUT2D eigenvalue weighted by Crippen LogP contribution is 2.39. The molecule has 9 heteroatoms. The number of thiol groups is 1. The average molecular weight is 472 g/mol. The third-order valence-corrected chi connectivity index (χ3v) is 7.40. The molecule has 2 saturated heterocycles. The van der Waals surface area contributed by atoms with Crippen LogP contribution in [0.25, 0.3) is 0 Å². The number of hydrogen-bond donors (Lipinski definition) is 2. The number of nitrogens with one attached hydrogen (secondary N) is 1. The number of nitrogens with zero attached hydrogens (tertiary/aromatic N) is 4. The molecule has 7 nitrogen and oxygen atoms in total. The topological polar surface area (TPSA) is 68.8 Å². The molecule has 32 heavy (non-hydrogen) atoms. The van der Waals surface area contributed by atoms with Gasteiger partial charge in [0.15, 0.2) is 0 Å². The molecule has 0 bridgehead atoms. The fourth-order valence-electron chi connectivity index (χ4n) is 4.90. The monoisotopic (exact) mass is 471 g/mol. The van der Waals surface area contributed by atoms with Crippen LogP contribution in [-0.2, 0) is 22.7 Å². The lowest BCUT2D eigenvalue weighted by Gasteiger charge is -2.36. The normalized spacial score (nSPS) is 24.5. The van der Waals surface area contributed by atoms with E-state index in [1.807, 2.05) is 12.1 Å². The summed E-state index contributed by atoms with van der Waals surface area (Å²) in [6, 6.07) is 10.2. The van der Waals surface area contributed by atoms with Gasteiger partial charge in [-0.25, -0.2) is 4.98 Å². The van der Waals surface area contributed by atoms with Gasteiger partial charge >= 0.3 is 0 Å². The lowest BCUT2D eigenvalue weighted by molar-refractivity contribution is -0.137. The van der Waals surface area contributed by atoms with E-state index in [-0.39, 0.29) is 23.2 Å². The zero-order valence-electron chi connectivity index (χ0n) is 17.7. The van der Waals surface area contributed by atoms with E-state index in [1.165, 1.54) is 11.1 Å². The Balaban J connectivity index is 1.21. The molecular weight excluding hydrogens is 446 g/mol. The number of benzene rings is 1. The second-order valence-corrected chi connectivity index (χ2v) is 9.52. The van der Waals surface area contributed by atoms with Gasteiger partial charge in [-0.3, -0.25) is 24.7 Å². The van der Waals surface area contributed by atoms with Crippen LogP contribution in [0.5, 0.6) is 0 Å². The largest absolute Gasteiger partial charge is 0.369 e. The number of pyridine rings is 1. The lowest BCUT2D eigenvalue weighted by atomic mass is 10.0. The highest BCUT2D eigenvalue weighted by molar-refractivity contribution is 7.80. The molecule has 0 radical (unpaired) electrons. The third-order valence-electron chi connectivity index (χ3n) is 6.62. The Hall–Kier alpha value is -2.13. The van der Waals surface area contributed by atoms with E-state index < -0.39 is 0 Å². The number of rotatable bonds is 4. The number of carbonyl (C=O) groups is 2. The number of aromatic nitrogens is 1. The van der Waals surface area contributed by atoms with Crippen molar-refractivity contribution in [2.24, 2.45) is 0 Å². The molecule has 0 spiro atoms. The molecule has 3 aliphatic heterocycles. The van der Waals surface area contributed by atoms with E-state index >= 15 is 0 Å². The Bertz CT molecular complexity index is 1040. The van der Waals surface area contributed by atoms with Crippen LogP contribution in [-0.4, -0.2) is 58.8 Å². The molecular formula is C23H26ClN5O2S. The SMILES string of the molecule is O=C1CCC(N2Cc3cc(CN4CCN(c5ccnc(Cl)c5)CC4)ccc3C2S)C(=O)N1. The predicted octanol–water partition coefficient (Wildman–Crippen LogP) is 2.61. The maximum Gasteiger partial charge on any atom is 0.243 e. The van der Waals surface area contributed by atoms with E-state index in [9.17, 15) is 9.59 Å². The summed E-state index contributed by atoms with van der Waals surface area (Å²) in [6.45, 7) is 5.44. The van der Waals surface area contributed by atoms with Crippen molar-refractivity contribution < 1.29 is 9.59 Å². The van der Waals surface area contributed by atoms with Gasteiger partial charge in [-0.2, -0.15) is 12.6 Å². The van der Waals surface area contributed by atoms with Crippen LogP contribution >= 0.6 is 24.2 Å². The smallest absolute Gasteiger partial charge is 0.243 e. The number of piperidine rings is 1. The summed E-state index contributed by atoms with van der Waals surface area (Å²) >= 11 is 10.8. The zero-order valence-corrected chi connectivity index (χ0v) is 19.4. The predicted molar refractivity (Wildman–Crippen MR) is 127 cm³/mol. The number of amides is 2. The molecule has 168 valence electrons. The summed E-state index contributed by atoms with van der Waals surface area (Å²) in [5.74, 6) is -0.394. The van der Waals surface area contributed by atoms with Gasteiger partial charge < -0.3 is 4.90 Å². The fourth-order valence-corrected chi connectivity index (χ4v) is 5.56. The Morgan fingerprint density at radius 2 is 1.94 bits per heavy atom. The summed E-state index contributed by atoms with van der Waals surface area (Å²) in [7, 11) is 0. The van der Waals surface area contributed by atoms with Gasteiger partial charge in [-0.05, 0) is 35.2 Å². The maximum atomic E-state index is 12.3. The van der Waals surface area contributed by atoms with E-state index in [1.54, 1.807) is 6.20 Å². The molecule has 1 N–H and O–H groups in total. The van der Waals surface area contributed by atoms with E-state index in [0.29, 0.717) is 24.5 Å². The van der Waals surface area contributed by atoms with Gasteiger partial charge in [0.05, 0.1) is 11.4 Å². The summed E-state index contributed by atoms with van der Waals surface area (Å²) in [5.41, 5.74) is 4.77. The van der Waals surface area contributed by atoms with Crippen LogP contribution in [0.4, 0.5) is 5.69 Å². The van der Waals surface area contributed by atoms with Crippen LogP contribution in [0.1, 0.15) is 34.9 Å². The van der Waals surface area contributed by atoms with Crippen LogP contribution < -0.4 is 10.2 Å². The highest BCUT2D eigenvalue weighted by atomic mass is 35.5. The molecule has 2 unspecified atom stereocenters. The molecule has 4 heterocycles. The molecule has 0 saturated carbocycles. The number of piperazine rings is 1. The molecule has 2 atom stereocenters. The Labute approximate surface area is 198 Å². The van der Waals surface area contributed by atoms with Crippen LogP contribution in [0.3, 0.4) is 0 Å². The van der Waals surface area contributed by atoms with E-state index in [2.05, 4.69) is 43.2 Å². The first-order chi connectivity index (χ1) is 15.5. The van der Waals surface area contributed by atoms with Crippen LogP contribution in [0.15, 0.2) is 36.5 Å². The number of hydrogen-bond acceptors (Lipinski definition) is 7. The summed E-state index contributed by atoms with van der Waals surface area (Å²) < 4.78 is 0. The van der Waals surface area contributed by atoms with Crippen molar-refractivity contribution >= 4 is 41.7 Å². The van der Waals surface area contributed by atoms with Crippen LogP contribution in [0, 0.1) is 0 Å². The standard InChI is InChI=1S/C23H26ClN5O2S/c24-20-12-17(5-6-25-20)28-9-7-27(8-10-28)13-15-1-2-18-16(11-15)14-29(23(18)32)19-3-4-21(30)26-22(19)31/h1-2,5-6,11-12,19,23,32H,3-4,7-10,13-14H2,(H,26,30,31). The van der Waals surface area contributed by atoms with Crippen molar-refractivity contribution in [3.63, 3.8) is 0 Å². The summed E-state index contributed by atoms with van der Waals surface area (Å²) in [5, 5.41) is 2.86. The number of fused-ring (bicyclic) bond motifs is 1. The van der Waals surface area contributed by atoms with Gasteiger partial charge in [-0.1, -0.05) is 29.8 Å². The molecule has 0 aliphatic carbocycles. The van der Waals surface area contributed by atoms with Crippen molar-refractivity contribution in [2.45, 2.75) is 37.3 Å². The Kier molecular flexibility index (Phi) is 6.11. The molecule has 1 aromatic carbocycles. The maximum absolute atomic E-state index is 12.3. The molecule has 1 aromatic heterocycles. The van der Waals surface area contributed by atoms with Crippen LogP contribution in [0.2, 0.25) is 5.15 Å². The zero-order chi connectivity index (χ0) is 22.2. The van der Waals surface area contributed by atoms with Gasteiger partial charge in [0.1, 0.15) is 5.15 Å². The second-order valence-electron chi connectivity index (χ2n) is 8.65. The van der Waals surface area contributed by atoms with Gasteiger partial charge in [-0.15, -0.1) is 0 Å². The van der Waals surface area contributed by atoms with Crippen molar-refractivity contribution in [2.75, 3.05) is 31.1 Å². The van der Waals surface area contributed by atoms with Crippen molar-refractivity contribution in [3.05, 3.63) is 58.4 Å². The Morgan fingerprint density at radius 3 is 2.69 bits per heavy atom. The molecule has 2 amide bonds. The fraction of sp³-hybridized carbons (Fsp3) is 0.435. The number of carbonyl (C=O) groups excluding carboxylic acids is 2. The van der Waals surface area contributed by atoms with Crippen molar-refractivity contribution in [1.82, 2.24) is 20.1 Å². The van der Waals surface area contributed by atoms with Gasteiger partial charge in [0.25, 0.3) is 0 Å². The summed E-state index contributed by atoms with van der Waals surface area (Å²) in [4.78, 5) is 34.8. The molecule has 5 rings (SSSR count). The van der Waals surface area contributed by atoms with E-state index in [0.717, 1.165) is 44.0 Å². The minimum absolute atomic E-state index is 0.126. The average Bonchev–Trinajstić information content (AvgIpc) is 3.10. The molecule has 3 aliphatic rings. The van der Waals surface area contributed by atoms with E-state index in [4.69, 9.17) is 24.2 Å². The first-order valence-electron chi connectivity index (χ1n) is 11.0.